The van der Waals surface area contributed by atoms with Crippen molar-refractivity contribution in [1.82, 2.24) is 24.8 Å². The lowest BCUT2D eigenvalue weighted by Crippen LogP contribution is -2.51. The van der Waals surface area contributed by atoms with Crippen molar-refractivity contribution in [1.29, 1.82) is 0 Å². The maximum Gasteiger partial charge on any atom is 0.279 e. The lowest BCUT2D eigenvalue weighted by atomic mass is 9.82. The Kier molecular flexibility index (Phi) is 10.4. The van der Waals surface area contributed by atoms with Crippen LogP contribution < -0.4 is 20.4 Å². The van der Waals surface area contributed by atoms with Gasteiger partial charge in [0, 0.05) is 29.2 Å². The molecular formula is C47H47ClN6O5Si. The van der Waals surface area contributed by atoms with E-state index in [2.05, 4.69) is 47.6 Å². The fraction of sp³-hybridized carbons (Fsp3) is 0.277. The summed E-state index contributed by atoms with van der Waals surface area (Å²) in [5, 5.41) is 24.9. The Morgan fingerprint density at radius 3 is 2.40 bits per heavy atom. The molecule has 0 saturated carbocycles. The molecule has 1 saturated heterocycles. The van der Waals surface area contributed by atoms with Crippen LogP contribution in [0.1, 0.15) is 41.6 Å². The third-order valence-corrected chi connectivity index (χ3v) is 17.5. The van der Waals surface area contributed by atoms with Gasteiger partial charge in [0.05, 0.1) is 68.3 Å². The standard InChI is InChI=1S/C47H47ClN6O5Si/c1-30-44(60(3,4)36-21-19-35(58-2)20-22-36)43(24-25-52-28-41(49-51-52)38(29-55)32-10-6-5-7-11-32)59-47(30)39-26-33(48)16-23-42(39)53(46(47)57)27-31-14-17-34(18-15-31)54-45(56)37-12-8-9-13-40(37)50-54/h5-23,26,28,30,38,43-44,50,55H,24-25,27,29H2,1-4H3/t30-,38?,43+,44-,47+/m0/s1. The highest BCUT2D eigenvalue weighted by atomic mass is 35.5. The van der Waals surface area contributed by atoms with E-state index in [4.69, 9.17) is 21.1 Å². The van der Waals surface area contributed by atoms with Crippen LogP contribution in [-0.4, -0.2) is 63.7 Å². The number of aromatic amines is 1. The number of H-pyrrole nitrogens is 1. The fourth-order valence-corrected chi connectivity index (χ4v) is 14.0. The van der Waals surface area contributed by atoms with Crippen LogP contribution in [0.2, 0.25) is 23.7 Å². The van der Waals surface area contributed by atoms with Crippen molar-refractivity contribution in [2.24, 2.45) is 5.92 Å². The number of rotatable bonds is 12. The van der Waals surface area contributed by atoms with Gasteiger partial charge in [0.25, 0.3) is 11.5 Å². The van der Waals surface area contributed by atoms with Crippen molar-refractivity contribution in [3.63, 3.8) is 0 Å². The van der Waals surface area contributed by atoms with Gasteiger partial charge in [-0.2, -0.15) is 0 Å². The van der Waals surface area contributed by atoms with Crippen molar-refractivity contribution >= 4 is 47.4 Å². The van der Waals surface area contributed by atoms with Crippen molar-refractivity contribution < 1.29 is 19.4 Å². The van der Waals surface area contributed by atoms with Crippen molar-refractivity contribution in [2.45, 2.75) is 62.7 Å². The summed E-state index contributed by atoms with van der Waals surface area (Å²) in [5.74, 6) is 0.154. The molecule has 1 spiro atoms. The number of hydrogen-bond donors (Lipinski definition) is 2. The first-order valence-electron chi connectivity index (χ1n) is 20.3. The van der Waals surface area contributed by atoms with E-state index < -0.39 is 13.7 Å². The molecule has 13 heteroatoms. The molecule has 11 nitrogen and oxygen atoms in total. The van der Waals surface area contributed by atoms with Gasteiger partial charge in [-0.3, -0.25) is 19.4 Å². The maximum atomic E-state index is 15.4. The number of carbonyl (C=O) groups is 1. The zero-order valence-corrected chi connectivity index (χ0v) is 35.7. The monoisotopic (exact) mass is 838 g/mol. The Balaban J connectivity index is 1.05. The molecule has 4 heterocycles. The van der Waals surface area contributed by atoms with Crippen LogP contribution in [0.25, 0.3) is 16.6 Å². The molecule has 0 aliphatic carbocycles. The summed E-state index contributed by atoms with van der Waals surface area (Å²) in [4.78, 5) is 30.4. The van der Waals surface area contributed by atoms with Crippen LogP contribution in [0.3, 0.4) is 0 Å². The quantitative estimate of drug-likeness (QED) is 0.122. The van der Waals surface area contributed by atoms with Gasteiger partial charge in [-0.1, -0.05) is 109 Å². The van der Waals surface area contributed by atoms with Crippen LogP contribution in [0.5, 0.6) is 5.75 Å². The molecule has 5 aromatic carbocycles. The average Bonchev–Trinajstić information content (AvgIpc) is 4.01. The van der Waals surface area contributed by atoms with E-state index in [-0.39, 0.29) is 41.6 Å². The summed E-state index contributed by atoms with van der Waals surface area (Å²) in [6.45, 7) is 7.61. The number of methoxy groups -OCH3 is 1. The second-order valence-electron chi connectivity index (χ2n) is 16.5. The third kappa shape index (κ3) is 6.68. The normalized spacial score (nSPS) is 20.6. The number of fused-ring (bicyclic) bond motifs is 3. The molecule has 1 amide bonds. The van der Waals surface area contributed by atoms with Gasteiger partial charge in [0.2, 0.25) is 0 Å². The van der Waals surface area contributed by atoms with Gasteiger partial charge < -0.3 is 19.5 Å². The van der Waals surface area contributed by atoms with Gasteiger partial charge in [-0.05, 0) is 77.7 Å². The molecule has 9 rings (SSSR count). The van der Waals surface area contributed by atoms with Crippen molar-refractivity contribution in [3.8, 4) is 11.4 Å². The lowest BCUT2D eigenvalue weighted by molar-refractivity contribution is -0.146. The number of benzene rings is 5. The third-order valence-electron chi connectivity index (χ3n) is 12.9. The molecule has 7 aromatic rings. The number of halogens is 1. The molecule has 2 N–H and O–H groups in total. The predicted octanol–water partition coefficient (Wildman–Crippen LogP) is 7.55. The smallest absolute Gasteiger partial charge is 0.279 e. The molecule has 1 unspecified atom stereocenters. The SMILES string of the molecule is COc1ccc([Si](C)(C)[C@@H]2[C@@H](CCn3cc(C(CO)c4ccccc4)nn3)O[C@]3(C(=O)N(Cc4ccc(-n5[nH]c6ccccc6c5=O)cc4)c4ccc(Cl)cc43)[C@H]2C)cc1. The van der Waals surface area contributed by atoms with Crippen molar-refractivity contribution in [3.05, 3.63) is 165 Å². The minimum absolute atomic E-state index is 0.00744. The fourth-order valence-electron chi connectivity index (χ4n) is 9.78. The number of aryl methyl sites for hydroxylation is 1. The molecule has 2 aliphatic heterocycles. The highest BCUT2D eigenvalue weighted by Gasteiger charge is 2.66. The van der Waals surface area contributed by atoms with E-state index in [0.29, 0.717) is 41.3 Å². The van der Waals surface area contributed by atoms with Gasteiger partial charge in [-0.25, -0.2) is 4.68 Å². The van der Waals surface area contributed by atoms with Gasteiger partial charge in [0.1, 0.15) is 5.75 Å². The number of aliphatic hydroxyl groups is 1. The predicted molar refractivity (Wildman–Crippen MR) is 236 cm³/mol. The highest BCUT2D eigenvalue weighted by molar-refractivity contribution is 6.91. The Labute approximate surface area is 354 Å². The number of nitrogens with one attached hydrogen (secondary N) is 1. The van der Waals surface area contributed by atoms with E-state index in [9.17, 15) is 9.90 Å². The number of anilines is 1. The summed E-state index contributed by atoms with van der Waals surface area (Å²) in [6.07, 6.45) is 2.17. The lowest BCUT2D eigenvalue weighted by Gasteiger charge is -2.37. The Morgan fingerprint density at radius 1 is 0.950 bits per heavy atom. The number of aliphatic hydroxyl groups excluding tert-OH is 1. The summed E-state index contributed by atoms with van der Waals surface area (Å²) in [6, 6.07) is 38.9. The summed E-state index contributed by atoms with van der Waals surface area (Å²) < 4.78 is 16.2. The minimum atomic E-state index is -2.41. The minimum Gasteiger partial charge on any atom is -0.497 e. The number of amides is 1. The first-order valence-corrected chi connectivity index (χ1v) is 23.8. The number of carbonyl (C=O) groups excluding carboxylic acids is 1. The zero-order valence-electron chi connectivity index (χ0n) is 34.0. The Morgan fingerprint density at radius 2 is 1.68 bits per heavy atom. The Bertz CT molecular complexity index is 2730. The van der Waals surface area contributed by atoms with E-state index in [1.54, 1.807) is 11.8 Å². The summed E-state index contributed by atoms with van der Waals surface area (Å²) >= 11 is 6.76. The van der Waals surface area contributed by atoms with Crippen LogP contribution in [-0.2, 0) is 28.2 Å². The van der Waals surface area contributed by atoms with E-state index >= 15 is 4.79 Å². The topological polar surface area (TPSA) is 127 Å². The van der Waals surface area contributed by atoms with Crippen molar-refractivity contribution in [2.75, 3.05) is 18.6 Å². The van der Waals surface area contributed by atoms with Crippen LogP contribution >= 0.6 is 11.6 Å². The average molecular weight is 839 g/mol. The zero-order chi connectivity index (χ0) is 41.8. The molecular weight excluding hydrogens is 792 g/mol. The van der Waals surface area contributed by atoms with Crippen LogP contribution in [0.15, 0.2) is 132 Å². The summed E-state index contributed by atoms with van der Waals surface area (Å²) in [7, 11) is -0.744. The van der Waals surface area contributed by atoms with E-state index in [0.717, 1.165) is 33.6 Å². The first-order chi connectivity index (χ1) is 29.0. The number of aromatic nitrogens is 5. The maximum absolute atomic E-state index is 15.4. The highest BCUT2D eigenvalue weighted by Crippen LogP contribution is 2.60. The second-order valence-corrected chi connectivity index (χ2v) is 21.6. The molecule has 0 bridgehead atoms. The largest absolute Gasteiger partial charge is 0.497 e. The van der Waals surface area contributed by atoms with Gasteiger partial charge >= 0.3 is 0 Å². The molecule has 0 radical (unpaired) electrons. The molecule has 2 aromatic heterocycles. The number of hydrogen-bond acceptors (Lipinski definition) is 7. The van der Waals surface area contributed by atoms with Gasteiger partial charge in [0.15, 0.2) is 5.60 Å². The molecule has 60 heavy (non-hydrogen) atoms. The number of nitrogens with zero attached hydrogens (tertiary/aromatic N) is 5. The molecule has 2 aliphatic rings. The second kappa shape index (κ2) is 15.7. The van der Waals surface area contributed by atoms with E-state index in [1.165, 1.54) is 5.19 Å². The summed E-state index contributed by atoms with van der Waals surface area (Å²) in [5.41, 5.74) is 4.18. The molecule has 1 fully saturated rings. The van der Waals surface area contributed by atoms with Gasteiger partial charge in [-0.15, -0.1) is 5.10 Å². The molecule has 306 valence electrons. The molecule has 5 atom stereocenters. The van der Waals surface area contributed by atoms with Crippen LogP contribution in [0, 0.1) is 5.92 Å². The first kappa shape index (κ1) is 39.7. The number of ether oxygens (including phenoxy) is 2. The van der Waals surface area contributed by atoms with Crippen LogP contribution in [0.4, 0.5) is 5.69 Å². The number of para-hydroxylation sites is 1. The Hall–Kier alpha value is -5.79. The van der Waals surface area contributed by atoms with E-state index in [1.807, 2.05) is 125 Å².